The molecule has 19 heavy (non-hydrogen) atoms. The van der Waals surface area contributed by atoms with Crippen LogP contribution in [-0.2, 0) is 4.79 Å². The van der Waals surface area contributed by atoms with Gasteiger partial charge in [0.25, 0.3) is 0 Å². The molecule has 1 amide bonds. The maximum Gasteiger partial charge on any atom is 0.236 e. The summed E-state index contributed by atoms with van der Waals surface area (Å²) in [6.45, 7) is 4.71. The van der Waals surface area contributed by atoms with Gasteiger partial charge in [0.05, 0.1) is 12.6 Å². The van der Waals surface area contributed by atoms with Crippen molar-refractivity contribution in [2.75, 3.05) is 13.2 Å². The molecule has 0 aliphatic carbocycles. The van der Waals surface area contributed by atoms with E-state index in [0.717, 1.165) is 17.7 Å². The van der Waals surface area contributed by atoms with Crippen LogP contribution in [0.4, 0.5) is 0 Å². The van der Waals surface area contributed by atoms with Crippen molar-refractivity contribution >= 4 is 29.9 Å². The van der Waals surface area contributed by atoms with Crippen molar-refractivity contribution < 1.29 is 9.53 Å². The Kier molecular flexibility index (Phi) is 8.56. The second-order valence-corrected chi connectivity index (χ2v) is 4.63. The molecule has 3 N–H and O–H groups in total. The summed E-state index contributed by atoms with van der Waals surface area (Å²) in [5, 5.41) is 3.43. The predicted octanol–water partition coefficient (Wildman–Crippen LogP) is 2.30. The Morgan fingerprint density at radius 3 is 2.79 bits per heavy atom. The van der Waals surface area contributed by atoms with E-state index >= 15 is 0 Å². The van der Waals surface area contributed by atoms with Crippen LogP contribution < -0.4 is 15.8 Å². The largest absolute Gasteiger partial charge is 0.493 e. The average Bonchev–Trinajstić information content (AvgIpc) is 2.30. The minimum Gasteiger partial charge on any atom is -0.493 e. The zero-order valence-corrected chi connectivity index (χ0v) is 12.7. The molecule has 1 aromatic carbocycles. The third kappa shape index (κ3) is 6.66. The molecule has 0 heterocycles. The van der Waals surface area contributed by atoms with E-state index in [1.54, 1.807) is 13.0 Å². The zero-order valence-electron chi connectivity index (χ0n) is 11.1. The molecule has 0 spiro atoms. The van der Waals surface area contributed by atoms with E-state index in [-0.39, 0.29) is 18.3 Å². The fourth-order valence-corrected chi connectivity index (χ4v) is 1.63. The molecule has 108 valence electrons. The zero-order chi connectivity index (χ0) is 13.5. The van der Waals surface area contributed by atoms with E-state index in [9.17, 15) is 4.79 Å². The summed E-state index contributed by atoms with van der Waals surface area (Å²) in [5.41, 5.74) is 6.42. The summed E-state index contributed by atoms with van der Waals surface area (Å²) < 4.78 is 5.59. The van der Waals surface area contributed by atoms with E-state index < -0.39 is 6.04 Å². The van der Waals surface area contributed by atoms with Gasteiger partial charge >= 0.3 is 0 Å². The summed E-state index contributed by atoms with van der Waals surface area (Å²) >= 11 is 5.85. The van der Waals surface area contributed by atoms with Crippen molar-refractivity contribution in [3.63, 3.8) is 0 Å². The molecule has 0 fully saturated rings. The lowest BCUT2D eigenvalue weighted by molar-refractivity contribution is -0.121. The van der Waals surface area contributed by atoms with E-state index in [0.29, 0.717) is 18.2 Å². The molecule has 0 aliphatic heterocycles. The number of hydrogen-bond donors (Lipinski definition) is 2. The molecule has 6 heteroatoms. The quantitative estimate of drug-likeness (QED) is 0.793. The third-order valence-electron chi connectivity index (χ3n) is 2.43. The van der Waals surface area contributed by atoms with Crippen molar-refractivity contribution in [3.05, 3.63) is 28.8 Å². The summed E-state index contributed by atoms with van der Waals surface area (Å²) in [6, 6.07) is 5.03. The van der Waals surface area contributed by atoms with Crippen LogP contribution in [0.15, 0.2) is 18.2 Å². The molecule has 1 atom stereocenters. The molecule has 0 aromatic heterocycles. The van der Waals surface area contributed by atoms with Gasteiger partial charge in [0, 0.05) is 11.6 Å². The number of carbonyl (C=O) groups excluding carboxylic acids is 1. The molecule has 0 saturated heterocycles. The van der Waals surface area contributed by atoms with Crippen LogP contribution in [0, 0.1) is 6.92 Å². The molecular formula is C13H20Cl2N2O2. The van der Waals surface area contributed by atoms with Crippen molar-refractivity contribution in [3.8, 4) is 5.75 Å². The first-order valence-corrected chi connectivity index (χ1v) is 6.30. The Morgan fingerprint density at radius 2 is 2.21 bits per heavy atom. The van der Waals surface area contributed by atoms with Gasteiger partial charge in [-0.05, 0) is 44.0 Å². The molecule has 4 nitrogen and oxygen atoms in total. The van der Waals surface area contributed by atoms with Crippen LogP contribution in [-0.4, -0.2) is 25.1 Å². The Balaban J connectivity index is 0.00000324. The van der Waals surface area contributed by atoms with E-state index in [1.165, 1.54) is 0 Å². The lowest BCUT2D eigenvalue weighted by Crippen LogP contribution is -2.38. The molecular weight excluding hydrogens is 287 g/mol. The average molecular weight is 307 g/mol. The number of amides is 1. The van der Waals surface area contributed by atoms with Gasteiger partial charge < -0.3 is 15.8 Å². The first-order chi connectivity index (χ1) is 8.50. The summed E-state index contributed by atoms with van der Waals surface area (Å²) in [5.74, 6) is 0.676. The first-order valence-electron chi connectivity index (χ1n) is 5.93. The van der Waals surface area contributed by atoms with Gasteiger partial charge in [-0.2, -0.15) is 0 Å². The minimum atomic E-state index is -0.468. The lowest BCUT2D eigenvalue weighted by Gasteiger charge is -2.10. The Bertz CT molecular complexity index is 412. The number of nitrogens with two attached hydrogens (primary N) is 1. The van der Waals surface area contributed by atoms with Crippen molar-refractivity contribution in [1.29, 1.82) is 0 Å². The number of nitrogens with one attached hydrogen (secondary N) is 1. The molecule has 1 aromatic rings. The number of carbonyl (C=O) groups is 1. The number of benzene rings is 1. The van der Waals surface area contributed by atoms with Gasteiger partial charge in [0.1, 0.15) is 5.75 Å². The Morgan fingerprint density at radius 1 is 1.53 bits per heavy atom. The topological polar surface area (TPSA) is 64.3 Å². The maximum absolute atomic E-state index is 11.2. The highest BCUT2D eigenvalue weighted by Crippen LogP contribution is 2.21. The van der Waals surface area contributed by atoms with E-state index in [1.807, 2.05) is 19.1 Å². The first kappa shape index (κ1) is 18.0. The van der Waals surface area contributed by atoms with Gasteiger partial charge in [-0.15, -0.1) is 12.4 Å². The van der Waals surface area contributed by atoms with Crippen LogP contribution >= 0.6 is 24.0 Å². The summed E-state index contributed by atoms with van der Waals surface area (Å²) in [6.07, 6.45) is 0.737. The lowest BCUT2D eigenvalue weighted by atomic mass is 10.2. The van der Waals surface area contributed by atoms with Gasteiger partial charge in [0.2, 0.25) is 5.91 Å². The van der Waals surface area contributed by atoms with Crippen molar-refractivity contribution in [2.24, 2.45) is 5.73 Å². The molecule has 0 aliphatic rings. The second-order valence-electron chi connectivity index (χ2n) is 4.19. The Hall–Kier alpha value is -0.970. The minimum absolute atomic E-state index is 0. The molecule has 1 rings (SSSR count). The SMILES string of the molecule is Cc1cc(Cl)ccc1OCCCNC(=O)C(C)N.Cl. The second kappa shape index (κ2) is 9.02. The molecule has 0 bridgehead atoms. The van der Waals surface area contributed by atoms with E-state index in [4.69, 9.17) is 22.1 Å². The van der Waals surface area contributed by atoms with E-state index in [2.05, 4.69) is 5.32 Å². The van der Waals surface area contributed by atoms with Crippen LogP contribution in [0.2, 0.25) is 5.02 Å². The smallest absolute Gasteiger partial charge is 0.236 e. The van der Waals surface area contributed by atoms with Crippen LogP contribution in [0.5, 0.6) is 5.75 Å². The fraction of sp³-hybridized carbons (Fsp3) is 0.462. The monoisotopic (exact) mass is 306 g/mol. The number of rotatable bonds is 6. The third-order valence-corrected chi connectivity index (χ3v) is 2.66. The van der Waals surface area contributed by atoms with Gasteiger partial charge in [-0.3, -0.25) is 4.79 Å². The highest BCUT2D eigenvalue weighted by molar-refractivity contribution is 6.30. The molecule has 0 radical (unpaired) electrons. The van der Waals surface area contributed by atoms with Gasteiger partial charge in [-0.25, -0.2) is 0 Å². The van der Waals surface area contributed by atoms with Crippen molar-refractivity contribution in [2.45, 2.75) is 26.3 Å². The highest BCUT2D eigenvalue weighted by atomic mass is 35.5. The standard InChI is InChI=1S/C13H19ClN2O2.ClH/c1-9-8-11(14)4-5-12(9)18-7-3-6-16-13(17)10(2)15;/h4-5,8,10H,3,6-7,15H2,1-2H3,(H,16,17);1H. The maximum atomic E-state index is 11.2. The normalized spacial score (nSPS) is 11.4. The van der Waals surface area contributed by atoms with Crippen LogP contribution in [0.25, 0.3) is 0 Å². The Labute approximate surface area is 125 Å². The highest BCUT2D eigenvalue weighted by Gasteiger charge is 2.05. The van der Waals surface area contributed by atoms with Gasteiger partial charge in [-0.1, -0.05) is 11.6 Å². The van der Waals surface area contributed by atoms with Crippen LogP contribution in [0.3, 0.4) is 0 Å². The number of halogens is 2. The molecule has 0 saturated carbocycles. The predicted molar refractivity (Wildman–Crippen MR) is 80.2 cm³/mol. The number of hydrogen-bond acceptors (Lipinski definition) is 3. The van der Waals surface area contributed by atoms with Crippen molar-refractivity contribution in [1.82, 2.24) is 5.32 Å². The summed E-state index contributed by atoms with van der Waals surface area (Å²) in [7, 11) is 0. The fourth-order valence-electron chi connectivity index (χ4n) is 1.40. The number of ether oxygens (including phenoxy) is 1. The summed E-state index contributed by atoms with van der Waals surface area (Å²) in [4.78, 5) is 11.2. The molecule has 1 unspecified atom stereocenters. The van der Waals surface area contributed by atoms with Gasteiger partial charge in [0.15, 0.2) is 0 Å². The van der Waals surface area contributed by atoms with Crippen LogP contribution in [0.1, 0.15) is 18.9 Å². The number of aryl methyl sites for hydroxylation is 1.